The van der Waals surface area contributed by atoms with Crippen LogP contribution in [0, 0.1) is 0 Å². The van der Waals surface area contributed by atoms with Crippen LogP contribution in [-0.2, 0) is 6.42 Å². The van der Waals surface area contributed by atoms with E-state index in [0.29, 0.717) is 5.02 Å². The average Bonchev–Trinajstić information content (AvgIpc) is 1.95. The Kier molecular flexibility index (Phi) is 2.69. The van der Waals surface area contributed by atoms with Gasteiger partial charge in [-0.1, -0.05) is 18.5 Å². The first-order valence-corrected chi connectivity index (χ1v) is 4.21. The lowest BCUT2D eigenvalue weighted by molar-refractivity contribution is 1.03. The van der Waals surface area contributed by atoms with Crippen LogP contribution in [0.4, 0.5) is 0 Å². The highest BCUT2D eigenvalue weighted by Gasteiger charge is 1.97. The van der Waals surface area contributed by atoms with Gasteiger partial charge in [-0.05, 0) is 28.4 Å². The number of aryl methyl sites for hydroxylation is 1. The van der Waals surface area contributed by atoms with Crippen molar-refractivity contribution in [2.24, 2.45) is 0 Å². The van der Waals surface area contributed by atoms with Gasteiger partial charge in [0, 0.05) is 16.4 Å². The molecule has 0 amide bonds. The first-order valence-electron chi connectivity index (χ1n) is 3.04. The first-order chi connectivity index (χ1) is 4.74. The van der Waals surface area contributed by atoms with Crippen molar-refractivity contribution in [3.8, 4) is 0 Å². The van der Waals surface area contributed by atoms with Gasteiger partial charge in [0.1, 0.15) is 0 Å². The van der Waals surface area contributed by atoms with E-state index in [-0.39, 0.29) is 0 Å². The van der Waals surface area contributed by atoms with Crippen molar-refractivity contribution in [2.75, 3.05) is 0 Å². The summed E-state index contributed by atoms with van der Waals surface area (Å²) in [6.07, 6.45) is 2.60. The van der Waals surface area contributed by atoms with Crippen molar-refractivity contribution in [1.82, 2.24) is 4.98 Å². The molecule has 0 aliphatic carbocycles. The van der Waals surface area contributed by atoms with Crippen molar-refractivity contribution < 1.29 is 0 Å². The summed E-state index contributed by atoms with van der Waals surface area (Å²) in [6.45, 7) is 2.06. The van der Waals surface area contributed by atoms with Gasteiger partial charge in [0.2, 0.25) is 0 Å². The van der Waals surface area contributed by atoms with Crippen molar-refractivity contribution in [2.45, 2.75) is 13.3 Å². The van der Waals surface area contributed by atoms with Crippen LogP contribution in [0.2, 0.25) is 5.02 Å². The van der Waals surface area contributed by atoms with Gasteiger partial charge in [-0.15, -0.1) is 0 Å². The minimum atomic E-state index is 0.664. The first kappa shape index (κ1) is 8.02. The van der Waals surface area contributed by atoms with Gasteiger partial charge in [-0.2, -0.15) is 0 Å². The molecule has 3 heteroatoms. The van der Waals surface area contributed by atoms with Crippen molar-refractivity contribution in [1.29, 1.82) is 0 Å². The molecule has 0 atom stereocenters. The summed E-state index contributed by atoms with van der Waals surface area (Å²) in [4.78, 5) is 4.10. The molecule has 0 unspecified atom stereocenters. The Morgan fingerprint density at radius 1 is 1.70 bits per heavy atom. The summed E-state index contributed by atoms with van der Waals surface area (Å²) < 4.78 is 0.918. The normalized spacial score (nSPS) is 9.90. The maximum absolute atomic E-state index is 5.73. The minimum absolute atomic E-state index is 0.664. The van der Waals surface area contributed by atoms with E-state index in [0.717, 1.165) is 16.6 Å². The van der Waals surface area contributed by atoms with Crippen LogP contribution >= 0.6 is 27.5 Å². The molecule has 0 aliphatic heterocycles. The second kappa shape index (κ2) is 3.35. The van der Waals surface area contributed by atoms with Gasteiger partial charge in [0.05, 0.1) is 5.02 Å². The zero-order chi connectivity index (χ0) is 7.56. The van der Waals surface area contributed by atoms with E-state index in [9.17, 15) is 0 Å². The molecule has 10 heavy (non-hydrogen) atoms. The van der Waals surface area contributed by atoms with Gasteiger partial charge in [0.25, 0.3) is 0 Å². The molecule has 1 aromatic rings. The second-order valence-electron chi connectivity index (χ2n) is 1.94. The SMILES string of the molecule is CCc1cc(Br)c(Cl)cn1. The maximum atomic E-state index is 5.73. The Morgan fingerprint density at radius 3 is 2.90 bits per heavy atom. The van der Waals surface area contributed by atoms with Gasteiger partial charge >= 0.3 is 0 Å². The number of hydrogen-bond donors (Lipinski definition) is 0. The Labute approximate surface area is 73.6 Å². The lowest BCUT2D eigenvalue weighted by Crippen LogP contribution is -1.85. The summed E-state index contributed by atoms with van der Waals surface area (Å²) in [6, 6.07) is 1.93. The quantitative estimate of drug-likeness (QED) is 0.709. The van der Waals surface area contributed by atoms with E-state index in [4.69, 9.17) is 11.6 Å². The molecular weight excluding hydrogens is 213 g/mol. The smallest absolute Gasteiger partial charge is 0.0731 e. The summed E-state index contributed by atoms with van der Waals surface area (Å²) in [7, 11) is 0. The molecular formula is C7H7BrClN. The number of halogens is 2. The molecule has 0 N–H and O–H groups in total. The topological polar surface area (TPSA) is 12.9 Å². The molecule has 1 heterocycles. The second-order valence-corrected chi connectivity index (χ2v) is 3.20. The van der Waals surface area contributed by atoms with Crippen molar-refractivity contribution >= 4 is 27.5 Å². The predicted octanol–water partition coefficient (Wildman–Crippen LogP) is 3.06. The van der Waals surface area contributed by atoms with E-state index in [1.165, 1.54) is 0 Å². The number of hydrogen-bond acceptors (Lipinski definition) is 1. The molecule has 1 nitrogen and oxygen atoms in total. The monoisotopic (exact) mass is 219 g/mol. The Balaban J connectivity index is 3.04. The number of pyridine rings is 1. The highest BCUT2D eigenvalue weighted by molar-refractivity contribution is 9.10. The van der Waals surface area contributed by atoms with Crippen LogP contribution in [-0.4, -0.2) is 4.98 Å². The van der Waals surface area contributed by atoms with Gasteiger partial charge in [0.15, 0.2) is 0 Å². The highest BCUT2D eigenvalue weighted by Crippen LogP contribution is 2.21. The molecule has 0 radical (unpaired) electrons. The van der Waals surface area contributed by atoms with Gasteiger partial charge in [-0.25, -0.2) is 0 Å². The fourth-order valence-electron chi connectivity index (χ4n) is 0.647. The standard InChI is InChI=1S/C7H7BrClN/c1-2-5-3-6(8)7(9)4-10-5/h3-4H,2H2,1H3. The average molecular weight is 220 g/mol. The molecule has 0 fully saturated rings. The van der Waals surface area contributed by atoms with Crippen molar-refractivity contribution in [3.05, 3.63) is 27.5 Å². The summed E-state index contributed by atoms with van der Waals surface area (Å²) in [5.74, 6) is 0. The van der Waals surface area contributed by atoms with Crippen LogP contribution in [0.15, 0.2) is 16.7 Å². The van der Waals surface area contributed by atoms with Crippen LogP contribution < -0.4 is 0 Å². The molecule has 0 aromatic carbocycles. The molecule has 0 bridgehead atoms. The predicted molar refractivity (Wildman–Crippen MR) is 46.3 cm³/mol. The van der Waals surface area contributed by atoms with E-state index >= 15 is 0 Å². The number of aromatic nitrogens is 1. The summed E-state index contributed by atoms with van der Waals surface area (Å²) in [5.41, 5.74) is 1.05. The van der Waals surface area contributed by atoms with E-state index in [2.05, 4.69) is 27.8 Å². The summed E-state index contributed by atoms with van der Waals surface area (Å²) in [5, 5.41) is 0.664. The zero-order valence-electron chi connectivity index (χ0n) is 5.56. The largest absolute Gasteiger partial charge is 0.260 e. The molecule has 0 saturated heterocycles. The summed E-state index contributed by atoms with van der Waals surface area (Å²) >= 11 is 9.04. The van der Waals surface area contributed by atoms with Gasteiger partial charge < -0.3 is 0 Å². The lowest BCUT2D eigenvalue weighted by atomic mass is 10.3. The van der Waals surface area contributed by atoms with Gasteiger partial charge in [-0.3, -0.25) is 4.98 Å². The van der Waals surface area contributed by atoms with Crippen LogP contribution in [0.5, 0.6) is 0 Å². The Bertz CT molecular complexity index is 237. The third kappa shape index (κ3) is 1.70. The number of nitrogens with zero attached hydrogens (tertiary/aromatic N) is 1. The van der Waals surface area contributed by atoms with E-state index in [1.807, 2.05) is 6.07 Å². The minimum Gasteiger partial charge on any atom is -0.260 e. The van der Waals surface area contributed by atoms with Crippen molar-refractivity contribution in [3.63, 3.8) is 0 Å². The van der Waals surface area contributed by atoms with Crippen LogP contribution in [0.1, 0.15) is 12.6 Å². The van der Waals surface area contributed by atoms with Crippen LogP contribution in [0.25, 0.3) is 0 Å². The maximum Gasteiger partial charge on any atom is 0.0731 e. The fraction of sp³-hybridized carbons (Fsp3) is 0.286. The molecule has 0 spiro atoms. The number of rotatable bonds is 1. The molecule has 1 aromatic heterocycles. The highest BCUT2D eigenvalue weighted by atomic mass is 79.9. The molecule has 0 aliphatic rings. The Hall–Kier alpha value is -0.0800. The van der Waals surface area contributed by atoms with Crippen LogP contribution in [0.3, 0.4) is 0 Å². The zero-order valence-corrected chi connectivity index (χ0v) is 7.91. The third-order valence-corrected chi connectivity index (χ3v) is 2.41. The van der Waals surface area contributed by atoms with E-state index in [1.54, 1.807) is 6.20 Å². The Morgan fingerprint density at radius 2 is 2.40 bits per heavy atom. The van der Waals surface area contributed by atoms with E-state index < -0.39 is 0 Å². The molecule has 0 saturated carbocycles. The molecule has 54 valence electrons. The third-order valence-electron chi connectivity index (χ3n) is 1.23. The molecule has 1 rings (SSSR count). The fourth-order valence-corrected chi connectivity index (χ4v) is 1.12. The lowest BCUT2D eigenvalue weighted by Gasteiger charge is -1.97.